The molecule has 20 heteroatoms. The van der Waals surface area contributed by atoms with Crippen LogP contribution in [-0.2, 0) is 30.4 Å². The topological polar surface area (TPSA) is 285 Å². The van der Waals surface area contributed by atoms with Crippen LogP contribution < -0.4 is 20.9 Å². The molecule has 1 aromatic heterocycles. The van der Waals surface area contributed by atoms with E-state index in [-0.39, 0.29) is 13.0 Å². The number of hydrogen-bond donors (Lipinski definition) is 9. The van der Waals surface area contributed by atoms with Crippen LogP contribution in [0.5, 0.6) is 5.88 Å². The lowest BCUT2D eigenvalue weighted by Crippen LogP contribution is -2.66. The summed E-state index contributed by atoms with van der Waals surface area (Å²) in [5, 5.41) is 73.7. The van der Waals surface area contributed by atoms with Crippen molar-refractivity contribution < 1.29 is 64.0 Å². The number of aliphatic carboxylic acids is 1. The lowest BCUT2D eigenvalue weighted by Gasteiger charge is -2.45. The monoisotopic (exact) mass is 766 g/mol. The molecule has 1 amide bonds. The fourth-order valence-corrected chi connectivity index (χ4v) is 5.66. The van der Waals surface area contributed by atoms with E-state index in [9.17, 15) is 35.1 Å². The van der Waals surface area contributed by atoms with E-state index in [1.165, 1.54) is 14.2 Å². The minimum atomic E-state index is -1.74. The number of benzene rings is 2. The van der Waals surface area contributed by atoms with Gasteiger partial charge in [0.2, 0.25) is 11.7 Å². The SMILES string of the molecule is COC(=O)N(OC)c1ccccc1COc1ccn(-c2ccc(Cl)cc2)n1.C[C@H]1O[C@H](O[C@H]2[C@H](O)[C@@H](O)[C@@H](O)[C@H](O)[C@@H]2O)[C@@H](N)C[C@@H]1NC(=N)C(=O)O. The molecule has 3 aromatic rings. The minimum Gasteiger partial charge on any atom is -0.475 e. The number of aromatic nitrogens is 2. The average molecular weight is 767 g/mol. The van der Waals surface area contributed by atoms with Gasteiger partial charge in [-0.15, -0.1) is 5.10 Å². The fourth-order valence-electron chi connectivity index (χ4n) is 5.53. The summed E-state index contributed by atoms with van der Waals surface area (Å²) in [6, 6.07) is 14.9. The van der Waals surface area contributed by atoms with Gasteiger partial charge in [0.1, 0.15) is 43.2 Å². The van der Waals surface area contributed by atoms with Gasteiger partial charge in [-0.2, -0.15) is 5.06 Å². The van der Waals surface area contributed by atoms with Crippen molar-refractivity contribution in [3.05, 3.63) is 71.4 Å². The maximum absolute atomic E-state index is 11.9. The van der Waals surface area contributed by atoms with Crippen molar-refractivity contribution in [2.45, 2.75) is 81.1 Å². The zero-order valence-corrected chi connectivity index (χ0v) is 29.6. The van der Waals surface area contributed by atoms with Crippen LogP contribution in [0.4, 0.5) is 10.5 Å². The van der Waals surface area contributed by atoms with Gasteiger partial charge >= 0.3 is 12.1 Å². The number of nitrogens with zero attached hydrogens (tertiary/aromatic N) is 3. The Balaban J connectivity index is 0.000000237. The van der Waals surface area contributed by atoms with Gasteiger partial charge in [0.25, 0.3) is 0 Å². The second-order valence-electron chi connectivity index (χ2n) is 12.0. The molecule has 19 nitrogen and oxygen atoms in total. The summed E-state index contributed by atoms with van der Waals surface area (Å²) in [4.78, 5) is 27.7. The van der Waals surface area contributed by atoms with Crippen LogP contribution in [0.1, 0.15) is 18.9 Å². The Labute approximate surface area is 308 Å². The molecule has 2 aliphatic rings. The Bertz CT molecular complexity index is 1670. The number of amides is 1. The molecule has 0 radical (unpaired) electrons. The van der Waals surface area contributed by atoms with Crippen LogP contribution in [0.3, 0.4) is 0 Å². The Morgan fingerprint density at radius 2 is 1.64 bits per heavy atom. The highest BCUT2D eigenvalue weighted by atomic mass is 35.5. The number of halogens is 1. The first-order valence-electron chi connectivity index (χ1n) is 16.2. The van der Waals surface area contributed by atoms with Gasteiger partial charge in [-0.25, -0.2) is 14.3 Å². The third kappa shape index (κ3) is 10.2. The molecule has 2 aromatic carbocycles. The minimum absolute atomic E-state index is 0.161. The first-order chi connectivity index (χ1) is 25.2. The van der Waals surface area contributed by atoms with Crippen LogP contribution in [0.25, 0.3) is 5.69 Å². The molecule has 0 unspecified atom stereocenters. The highest BCUT2D eigenvalue weighted by Crippen LogP contribution is 2.29. The van der Waals surface area contributed by atoms with Crippen molar-refractivity contribution in [3.8, 4) is 11.6 Å². The van der Waals surface area contributed by atoms with Gasteiger partial charge in [-0.05, 0) is 43.7 Å². The predicted molar refractivity (Wildman–Crippen MR) is 185 cm³/mol. The number of nitrogens with two attached hydrogens (primary N) is 1. The standard InChI is InChI=1S/C19H18ClN3O4.C14H25N3O9/c1-25-19(24)23(26-2)17-6-4-3-5-14(17)13-27-18-11-12-22(21-18)16-9-7-15(20)8-10-16;1-3-5(17-12(16)13(23)24)2-4(15)14(25-3)26-11-9(21)7(19)6(18)8(20)10(11)22/h3-12H,13H2,1-2H3;3-11,14,18-22H,2,15H2,1H3,(H2,16,17)(H,23,24)/t;3-,4+,5+,6-,7+,8+,9-,10+,11+,14-/m.1/s1. The lowest BCUT2D eigenvalue weighted by atomic mass is 9.84. The molecule has 0 spiro atoms. The molecule has 1 aliphatic carbocycles. The van der Waals surface area contributed by atoms with E-state index in [2.05, 4.69) is 10.4 Å². The Kier molecular flexibility index (Phi) is 14.5. The van der Waals surface area contributed by atoms with E-state index in [1.54, 1.807) is 48.1 Å². The second kappa shape index (κ2) is 18.6. The summed E-state index contributed by atoms with van der Waals surface area (Å²) in [5.41, 5.74) is 8.08. The highest BCUT2D eigenvalue weighted by molar-refractivity contribution is 6.33. The summed E-state index contributed by atoms with van der Waals surface area (Å²) in [5.74, 6) is -1.70. The van der Waals surface area contributed by atoms with Gasteiger partial charge < -0.3 is 60.6 Å². The number of hydrogen-bond acceptors (Lipinski definition) is 15. The first kappa shape index (κ1) is 41.3. The Morgan fingerprint density at radius 3 is 2.25 bits per heavy atom. The van der Waals surface area contributed by atoms with Crippen LogP contribution in [0.15, 0.2) is 60.8 Å². The maximum Gasteiger partial charge on any atom is 0.438 e. The lowest BCUT2D eigenvalue weighted by molar-refractivity contribution is -0.293. The van der Waals surface area contributed by atoms with Crippen LogP contribution in [-0.4, -0.2) is 134 Å². The van der Waals surface area contributed by atoms with Gasteiger partial charge in [0.05, 0.1) is 43.8 Å². The van der Waals surface area contributed by atoms with Crippen molar-refractivity contribution in [3.63, 3.8) is 0 Å². The average Bonchev–Trinajstić information content (AvgIpc) is 3.63. The van der Waals surface area contributed by atoms with E-state index < -0.39 is 79.0 Å². The number of aliphatic hydroxyl groups excluding tert-OH is 5. The largest absolute Gasteiger partial charge is 0.475 e. The molecular weight excluding hydrogens is 724 g/mol. The first-order valence-corrected chi connectivity index (χ1v) is 16.5. The molecule has 290 valence electrons. The van der Waals surface area contributed by atoms with E-state index in [0.717, 1.165) is 16.3 Å². The molecular formula is C33H43ClN6O13. The number of hydroxylamine groups is 1. The zero-order valence-electron chi connectivity index (χ0n) is 28.8. The molecule has 2 heterocycles. The molecule has 10 atom stereocenters. The third-order valence-corrected chi connectivity index (χ3v) is 8.72. The summed E-state index contributed by atoms with van der Waals surface area (Å²) in [7, 11) is 2.68. The normalized spacial score (nSPS) is 28.2. The van der Waals surface area contributed by atoms with E-state index in [1.807, 2.05) is 24.3 Å². The van der Waals surface area contributed by atoms with E-state index in [4.69, 9.17) is 51.6 Å². The molecule has 5 rings (SSSR count). The second-order valence-corrected chi connectivity index (χ2v) is 12.5. The number of carbonyl (C=O) groups excluding carboxylic acids is 1. The van der Waals surface area contributed by atoms with Crippen molar-refractivity contribution in [1.29, 1.82) is 5.41 Å². The quantitative estimate of drug-likeness (QED) is 0.0782. The number of methoxy groups -OCH3 is 1. The number of para-hydroxylation sites is 1. The molecule has 10 N–H and O–H groups in total. The third-order valence-electron chi connectivity index (χ3n) is 8.46. The molecule has 53 heavy (non-hydrogen) atoms. The van der Waals surface area contributed by atoms with Gasteiger partial charge in [0, 0.05) is 22.8 Å². The number of aliphatic hydroxyl groups is 5. The van der Waals surface area contributed by atoms with E-state index >= 15 is 0 Å². The molecule has 1 saturated carbocycles. The van der Waals surface area contributed by atoms with Crippen molar-refractivity contribution in [2.75, 3.05) is 19.3 Å². The van der Waals surface area contributed by atoms with Crippen LogP contribution >= 0.6 is 11.6 Å². The molecule has 0 bridgehead atoms. The summed E-state index contributed by atoms with van der Waals surface area (Å²) >= 11 is 5.91. The smallest absolute Gasteiger partial charge is 0.438 e. The number of carbonyl (C=O) groups is 2. The predicted octanol–water partition coefficient (Wildman–Crippen LogP) is -0.0891. The number of anilines is 1. The van der Waals surface area contributed by atoms with E-state index in [0.29, 0.717) is 16.6 Å². The van der Waals surface area contributed by atoms with Gasteiger partial charge in [-0.3, -0.25) is 10.2 Å². The fraction of sp³-hybridized carbons (Fsp3) is 0.455. The van der Waals surface area contributed by atoms with Crippen molar-refractivity contribution in [2.24, 2.45) is 5.73 Å². The zero-order chi connectivity index (χ0) is 39.0. The Morgan fingerprint density at radius 1 is 1.02 bits per heavy atom. The van der Waals surface area contributed by atoms with Gasteiger partial charge in [-0.1, -0.05) is 29.8 Å². The van der Waals surface area contributed by atoms with Crippen molar-refractivity contribution >= 4 is 35.2 Å². The number of ether oxygens (including phenoxy) is 4. The number of nitrogens with one attached hydrogen (secondary N) is 2. The number of rotatable bonds is 9. The summed E-state index contributed by atoms with van der Waals surface area (Å²) in [6.07, 6.45) is -10.5. The number of carboxylic acids is 1. The molecule has 1 saturated heterocycles. The highest BCUT2D eigenvalue weighted by Gasteiger charge is 2.51. The number of amidine groups is 1. The van der Waals surface area contributed by atoms with Gasteiger partial charge in [0.15, 0.2) is 6.29 Å². The van der Waals surface area contributed by atoms with Crippen LogP contribution in [0.2, 0.25) is 5.02 Å². The summed E-state index contributed by atoms with van der Waals surface area (Å²) < 4.78 is 23.2. The van der Waals surface area contributed by atoms with Crippen molar-refractivity contribution in [1.82, 2.24) is 15.1 Å². The number of carboxylic acid groups (broad SMARTS) is 1. The Hall–Kier alpha value is -4.41. The molecule has 1 aliphatic heterocycles. The van der Waals surface area contributed by atoms with Crippen LogP contribution in [0, 0.1) is 5.41 Å². The molecule has 2 fully saturated rings. The summed E-state index contributed by atoms with van der Waals surface area (Å²) in [6.45, 7) is 1.79. The maximum atomic E-state index is 11.9.